The minimum absolute atomic E-state index is 0.0205. The molecule has 6 nitrogen and oxygen atoms in total. The van der Waals surface area contributed by atoms with Gasteiger partial charge < -0.3 is 0 Å². The van der Waals surface area contributed by atoms with Crippen LogP contribution >= 0.6 is 0 Å². The van der Waals surface area contributed by atoms with Gasteiger partial charge in [0.25, 0.3) is 0 Å². The van der Waals surface area contributed by atoms with Crippen LogP contribution in [-0.4, -0.2) is 23.7 Å². The molecule has 0 spiro atoms. The predicted octanol–water partition coefficient (Wildman–Crippen LogP) is 0.542. The highest BCUT2D eigenvalue weighted by Crippen LogP contribution is 2.03. The second kappa shape index (κ2) is 5.85. The minimum atomic E-state index is -0.421. The van der Waals surface area contributed by atoms with E-state index in [1.54, 1.807) is 12.1 Å². The molecule has 0 fully saturated rings. The van der Waals surface area contributed by atoms with Gasteiger partial charge in [-0.3, -0.25) is 9.59 Å². The Balaban J connectivity index is 1.84. The number of hydrogen-bond donors (Lipinski definition) is 2. The number of rotatable bonds is 4. The monoisotopic (exact) mass is 262 g/mol. The van der Waals surface area contributed by atoms with Crippen molar-refractivity contribution in [3.8, 4) is 0 Å². The molecule has 98 valence electrons. The summed E-state index contributed by atoms with van der Waals surface area (Å²) in [5, 5.41) is 7.32. The second-order valence-corrected chi connectivity index (χ2v) is 3.88. The van der Waals surface area contributed by atoms with Crippen LogP contribution in [0.15, 0.2) is 34.5 Å². The van der Waals surface area contributed by atoms with Crippen molar-refractivity contribution in [3.05, 3.63) is 35.6 Å². The Hall–Kier alpha value is -2.57. The summed E-state index contributed by atoms with van der Waals surface area (Å²) in [6.45, 7) is 0. The third-order valence-electron chi connectivity index (χ3n) is 2.37. The van der Waals surface area contributed by atoms with E-state index in [9.17, 15) is 14.0 Å². The maximum absolute atomic E-state index is 13.2. The van der Waals surface area contributed by atoms with Crippen LogP contribution in [0.5, 0.6) is 0 Å². The lowest BCUT2D eigenvalue weighted by molar-refractivity contribution is -0.119. The van der Waals surface area contributed by atoms with Gasteiger partial charge in [-0.2, -0.15) is 10.2 Å². The molecule has 7 heteroatoms. The summed E-state index contributed by atoms with van der Waals surface area (Å²) in [6.07, 6.45) is 1.31. The fourth-order valence-corrected chi connectivity index (χ4v) is 1.49. The molecule has 0 saturated heterocycles. The lowest BCUT2D eigenvalue weighted by atomic mass is 10.2. The van der Waals surface area contributed by atoms with E-state index in [1.165, 1.54) is 18.3 Å². The Morgan fingerprint density at radius 3 is 3.00 bits per heavy atom. The number of nitrogens with one attached hydrogen (secondary N) is 2. The molecule has 0 aromatic heterocycles. The summed E-state index contributed by atoms with van der Waals surface area (Å²) in [4.78, 5) is 22.3. The maximum Gasteiger partial charge on any atom is 0.245 e. The topological polar surface area (TPSA) is 82.9 Å². The van der Waals surface area contributed by atoms with E-state index in [1.807, 2.05) is 0 Å². The Kier molecular flexibility index (Phi) is 3.97. The standard InChI is InChI=1S/C12H11FN4O2/c13-10-4-2-1-3-8(10)7-14-16-11(18)5-9-6-12(19)17-15-9/h1-4,7H,5-6H2,(H,16,18)(H,17,19)/b14-7-. The summed E-state index contributed by atoms with van der Waals surface area (Å²) >= 11 is 0. The first-order valence-electron chi connectivity index (χ1n) is 5.56. The van der Waals surface area contributed by atoms with Crippen LogP contribution in [0, 0.1) is 5.82 Å². The molecule has 1 aliphatic heterocycles. The fraction of sp³-hybridized carbons (Fsp3) is 0.167. The van der Waals surface area contributed by atoms with Crippen molar-refractivity contribution in [2.24, 2.45) is 10.2 Å². The van der Waals surface area contributed by atoms with Gasteiger partial charge >= 0.3 is 0 Å². The average Bonchev–Trinajstić information content (AvgIpc) is 2.77. The number of carbonyl (C=O) groups excluding carboxylic acids is 2. The van der Waals surface area contributed by atoms with E-state index < -0.39 is 11.7 Å². The Morgan fingerprint density at radius 2 is 2.32 bits per heavy atom. The minimum Gasteiger partial charge on any atom is -0.273 e. The van der Waals surface area contributed by atoms with E-state index in [4.69, 9.17) is 0 Å². The number of nitrogens with zero attached hydrogens (tertiary/aromatic N) is 2. The molecule has 2 amide bonds. The SMILES string of the molecule is O=C1CC(CC(=O)N/N=C\c2ccccc2F)=NN1. The Bertz CT molecular complexity index is 569. The molecule has 0 bridgehead atoms. The van der Waals surface area contributed by atoms with Gasteiger partial charge in [0.15, 0.2) is 0 Å². The fourth-order valence-electron chi connectivity index (χ4n) is 1.49. The summed E-state index contributed by atoms with van der Waals surface area (Å²) in [6, 6.07) is 6.06. The van der Waals surface area contributed by atoms with Gasteiger partial charge in [0.2, 0.25) is 11.8 Å². The second-order valence-electron chi connectivity index (χ2n) is 3.88. The molecule has 1 aromatic rings. The van der Waals surface area contributed by atoms with E-state index in [0.29, 0.717) is 5.71 Å². The summed E-state index contributed by atoms with van der Waals surface area (Å²) < 4.78 is 13.2. The highest BCUT2D eigenvalue weighted by atomic mass is 19.1. The number of carbonyl (C=O) groups is 2. The molecule has 2 rings (SSSR count). The molecular formula is C12H11FN4O2. The average molecular weight is 262 g/mol. The van der Waals surface area contributed by atoms with Gasteiger partial charge in [0.1, 0.15) is 5.82 Å². The van der Waals surface area contributed by atoms with Gasteiger partial charge in [-0.05, 0) is 6.07 Å². The molecule has 19 heavy (non-hydrogen) atoms. The quantitative estimate of drug-likeness (QED) is 0.613. The molecule has 1 aliphatic rings. The van der Waals surface area contributed by atoms with Crippen LogP contribution in [0.3, 0.4) is 0 Å². The molecule has 0 radical (unpaired) electrons. The van der Waals surface area contributed by atoms with E-state index in [0.717, 1.165) is 0 Å². The van der Waals surface area contributed by atoms with Gasteiger partial charge in [-0.15, -0.1) is 0 Å². The van der Waals surface area contributed by atoms with Gasteiger partial charge in [0.05, 0.1) is 24.8 Å². The first kappa shape index (κ1) is 12.9. The van der Waals surface area contributed by atoms with Gasteiger partial charge in [0, 0.05) is 5.56 Å². The van der Waals surface area contributed by atoms with Crippen molar-refractivity contribution in [2.75, 3.05) is 0 Å². The van der Waals surface area contributed by atoms with Crippen molar-refractivity contribution in [1.29, 1.82) is 0 Å². The maximum atomic E-state index is 13.2. The molecule has 1 heterocycles. The van der Waals surface area contributed by atoms with Crippen LogP contribution in [0.1, 0.15) is 18.4 Å². The molecule has 0 atom stereocenters. The highest BCUT2D eigenvalue weighted by Gasteiger charge is 2.16. The number of hydrazone groups is 2. The number of hydrogen-bond acceptors (Lipinski definition) is 4. The van der Waals surface area contributed by atoms with Crippen LogP contribution in [0.25, 0.3) is 0 Å². The lowest BCUT2D eigenvalue weighted by Crippen LogP contribution is -2.20. The normalized spacial score (nSPS) is 14.4. The Labute approximate surface area is 108 Å². The first-order chi connectivity index (χ1) is 9.15. The number of benzene rings is 1. The summed E-state index contributed by atoms with van der Waals surface area (Å²) in [5.74, 6) is -1.07. The van der Waals surface area contributed by atoms with Gasteiger partial charge in [-0.25, -0.2) is 15.2 Å². The predicted molar refractivity (Wildman–Crippen MR) is 66.9 cm³/mol. The zero-order chi connectivity index (χ0) is 13.7. The van der Waals surface area contributed by atoms with Crippen molar-refractivity contribution in [2.45, 2.75) is 12.8 Å². The zero-order valence-electron chi connectivity index (χ0n) is 9.89. The van der Waals surface area contributed by atoms with Crippen LogP contribution in [0.4, 0.5) is 4.39 Å². The molecular weight excluding hydrogens is 251 g/mol. The van der Waals surface area contributed by atoms with Gasteiger partial charge in [-0.1, -0.05) is 18.2 Å². The van der Waals surface area contributed by atoms with Crippen molar-refractivity contribution in [1.82, 2.24) is 10.9 Å². The van der Waals surface area contributed by atoms with Crippen LogP contribution < -0.4 is 10.9 Å². The number of amides is 2. The van der Waals surface area contributed by atoms with Crippen molar-refractivity contribution < 1.29 is 14.0 Å². The molecule has 0 saturated carbocycles. The summed E-state index contributed by atoms with van der Waals surface area (Å²) in [7, 11) is 0. The van der Waals surface area contributed by atoms with E-state index in [-0.39, 0.29) is 24.3 Å². The third kappa shape index (κ3) is 3.70. The third-order valence-corrected chi connectivity index (χ3v) is 2.37. The van der Waals surface area contributed by atoms with E-state index >= 15 is 0 Å². The first-order valence-corrected chi connectivity index (χ1v) is 5.56. The molecule has 0 unspecified atom stereocenters. The largest absolute Gasteiger partial charge is 0.273 e. The Morgan fingerprint density at radius 1 is 1.53 bits per heavy atom. The lowest BCUT2D eigenvalue weighted by Gasteiger charge is -1.98. The van der Waals surface area contributed by atoms with Crippen LogP contribution in [0.2, 0.25) is 0 Å². The van der Waals surface area contributed by atoms with Crippen molar-refractivity contribution >= 4 is 23.7 Å². The summed E-state index contributed by atoms with van der Waals surface area (Å²) in [5.41, 5.74) is 5.21. The molecule has 1 aromatic carbocycles. The number of halogens is 1. The van der Waals surface area contributed by atoms with E-state index in [2.05, 4.69) is 21.1 Å². The molecule has 0 aliphatic carbocycles. The van der Waals surface area contributed by atoms with Crippen molar-refractivity contribution in [3.63, 3.8) is 0 Å². The zero-order valence-corrected chi connectivity index (χ0v) is 9.89. The van der Waals surface area contributed by atoms with Crippen LogP contribution in [-0.2, 0) is 9.59 Å². The molecule has 2 N–H and O–H groups in total. The smallest absolute Gasteiger partial charge is 0.245 e. The highest BCUT2D eigenvalue weighted by molar-refractivity contribution is 6.11.